The number of imidazole rings is 1. The molecule has 1 aromatic heterocycles. The molecule has 6 nitrogen and oxygen atoms in total. The van der Waals surface area contributed by atoms with Crippen LogP contribution < -0.4 is 0 Å². The van der Waals surface area contributed by atoms with Crippen molar-refractivity contribution in [3.8, 4) is 11.4 Å². The van der Waals surface area contributed by atoms with E-state index in [1.165, 1.54) is 42.3 Å². The first-order chi connectivity index (χ1) is 18.3. The number of benzene rings is 2. The van der Waals surface area contributed by atoms with Gasteiger partial charge < -0.3 is 14.4 Å². The quantitative estimate of drug-likeness (QED) is 0.412. The molecule has 3 aromatic rings. The monoisotopic (exact) mass is 528 g/mol. The van der Waals surface area contributed by atoms with Gasteiger partial charge in [-0.2, -0.15) is 0 Å². The van der Waals surface area contributed by atoms with E-state index < -0.39 is 9.84 Å². The van der Waals surface area contributed by atoms with Gasteiger partial charge in [0.15, 0.2) is 9.84 Å². The van der Waals surface area contributed by atoms with Crippen LogP contribution in [-0.2, 0) is 16.9 Å². The van der Waals surface area contributed by atoms with E-state index in [9.17, 15) is 8.42 Å². The number of hydrogen-bond donors (Lipinski definition) is 0. The van der Waals surface area contributed by atoms with Crippen LogP contribution in [0.1, 0.15) is 49.1 Å². The molecule has 1 aliphatic carbocycles. The predicted molar refractivity (Wildman–Crippen MR) is 153 cm³/mol. The number of likely N-dealkylation sites (tertiary alicyclic amines) is 1. The van der Waals surface area contributed by atoms with Crippen molar-refractivity contribution in [2.75, 3.05) is 19.3 Å². The van der Waals surface area contributed by atoms with Gasteiger partial charge in [-0.05, 0) is 105 Å². The molecule has 0 N–H and O–H groups in total. The third kappa shape index (κ3) is 4.68. The zero-order chi connectivity index (χ0) is 26.4. The van der Waals surface area contributed by atoms with E-state index in [1.54, 1.807) is 12.1 Å². The van der Waals surface area contributed by atoms with Crippen LogP contribution in [0.15, 0.2) is 77.6 Å². The molecule has 0 radical (unpaired) electrons. The average molecular weight is 529 g/mol. The second-order valence-electron chi connectivity index (χ2n) is 11.0. The van der Waals surface area contributed by atoms with Crippen molar-refractivity contribution in [1.82, 2.24) is 19.4 Å². The van der Waals surface area contributed by atoms with E-state index in [0.717, 1.165) is 48.4 Å². The molecule has 3 heterocycles. The van der Waals surface area contributed by atoms with Crippen molar-refractivity contribution in [1.29, 1.82) is 0 Å². The molecule has 6 rings (SSSR count). The molecular weight excluding hydrogens is 492 g/mol. The van der Waals surface area contributed by atoms with Gasteiger partial charge in [0.1, 0.15) is 5.82 Å². The van der Waals surface area contributed by atoms with Gasteiger partial charge in [0.05, 0.1) is 15.9 Å². The molecule has 2 aliphatic heterocycles. The van der Waals surface area contributed by atoms with Gasteiger partial charge in [-0.1, -0.05) is 6.07 Å². The summed E-state index contributed by atoms with van der Waals surface area (Å²) >= 11 is 0. The topological polar surface area (TPSA) is 58.4 Å². The SMILES string of the molecule is Cc1cc(C2CCN(C3=CC=CN(C4CCC4)C=C3)CC2)cc2c1nc(-c1ccc(S(C)(=O)=O)cc1)n2C. The fourth-order valence-electron chi connectivity index (χ4n) is 5.95. The second-order valence-corrected chi connectivity index (χ2v) is 13.1. The Morgan fingerprint density at radius 3 is 2.37 bits per heavy atom. The highest BCUT2D eigenvalue weighted by Crippen LogP contribution is 2.35. The normalized spacial score (nSPS) is 19.1. The van der Waals surface area contributed by atoms with Crippen molar-refractivity contribution < 1.29 is 8.42 Å². The third-order valence-corrected chi connectivity index (χ3v) is 9.64. The zero-order valence-corrected chi connectivity index (χ0v) is 23.3. The lowest BCUT2D eigenvalue weighted by atomic mass is 9.88. The van der Waals surface area contributed by atoms with Gasteiger partial charge in [-0.25, -0.2) is 13.4 Å². The Morgan fingerprint density at radius 1 is 0.974 bits per heavy atom. The summed E-state index contributed by atoms with van der Waals surface area (Å²) in [5, 5.41) is 0. The van der Waals surface area contributed by atoms with E-state index in [2.05, 4.69) is 64.1 Å². The Kier molecular flexibility index (Phi) is 6.42. The third-order valence-electron chi connectivity index (χ3n) is 8.51. The number of sulfone groups is 1. The molecule has 0 amide bonds. The summed E-state index contributed by atoms with van der Waals surface area (Å²) in [6.07, 6.45) is 18.7. The van der Waals surface area contributed by atoms with Crippen LogP contribution in [0.2, 0.25) is 0 Å². The lowest BCUT2D eigenvalue weighted by Crippen LogP contribution is -2.33. The summed E-state index contributed by atoms with van der Waals surface area (Å²) in [6, 6.07) is 12.3. The fraction of sp³-hybridized carbons (Fsp3) is 0.387. The van der Waals surface area contributed by atoms with Crippen LogP contribution in [-0.4, -0.2) is 53.2 Å². The molecular formula is C31H36N4O2S. The summed E-state index contributed by atoms with van der Waals surface area (Å²) in [4.78, 5) is 10.2. The Morgan fingerprint density at radius 2 is 1.71 bits per heavy atom. The van der Waals surface area contributed by atoms with Crippen molar-refractivity contribution in [3.05, 3.63) is 83.9 Å². The molecule has 3 aliphatic rings. The lowest BCUT2D eigenvalue weighted by molar-refractivity contribution is 0.238. The van der Waals surface area contributed by atoms with E-state index >= 15 is 0 Å². The molecule has 2 aromatic carbocycles. The molecule has 0 atom stereocenters. The molecule has 198 valence electrons. The van der Waals surface area contributed by atoms with Gasteiger partial charge in [-0.3, -0.25) is 0 Å². The minimum Gasteiger partial charge on any atom is -0.371 e. The van der Waals surface area contributed by atoms with Gasteiger partial charge >= 0.3 is 0 Å². The van der Waals surface area contributed by atoms with Crippen molar-refractivity contribution >= 4 is 20.9 Å². The van der Waals surface area contributed by atoms with Gasteiger partial charge in [0.25, 0.3) is 0 Å². The lowest BCUT2D eigenvalue weighted by Gasteiger charge is -2.35. The Bertz CT molecular complexity index is 1550. The van der Waals surface area contributed by atoms with Gasteiger partial charge in [-0.15, -0.1) is 0 Å². The maximum atomic E-state index is 11.9. The minimum absolute atomic E-state index is 0.326. The van der Waals surface area contributed by atoms with Crippen molar-refractivity contribution in [2.24, 2.45) is 7.05 Å². The van der Waals surface area contributed by atoms with Crippen molar-refractivity contribution in [3.63, 3.8) is 0 Å². The number of piperidine rings is 1. The zero-order valence-electron chi connectivity index (χ0n) is 22.5. The molecule has 0 bridgehead atoms. The summed E-state index contributed by atoms with van der Waals surface area (Å²) in [6.45, 7) is 4.25. The van der Waals surface area contributed by atoms with E-state index in [0.29, 0.717) is 16.9 Å². The highest BCUT2D eigenvalue weighted by Gasteiger charge is 2.25. The molecule has 0 spiro atoms. The molecule has 7 heteroatoms. The number of rotatable bonds is 5. The molecule has 0 unspecified atom stereocenters. The van der Waals surface area contributed by atoms with Crippen LogP contribution in [0.5, 0.6) is 0 Å². The maximum absolute atomic E-state index is 11.9. The average Bonchev–Trinajstić information content (AvgIpc) is 3.04. The summed E-state index contributed by atoms with van der Waals surface area (Å²) < 4.78 is 25.9. The number of aromatic nitrogens is 2. The summed E-state index contributed by atoms with van der Waals surface area (Å²) in [5.74, 6) is 1.38. The first-order valence-electron chi connectivity index (χ1n) is 13.6. The van der Waals surface area contributed by atoms with Crippen molar-refractivity contribution in [2.45, 2.75) is 55.9 Å². The van der Waals surface area contributed by atoms with Gasteiger partial charge in [0.2, 0.25) is 0 Å². The van der Waals surface area contributed by atoms with E-state index in [-0.39, 0.29) is 0 Å². The number of fused-ring (bicyclic) bond motifs is 1. The van der Waals surface area contributed by atoms with E-state index in [4.69, 9.17) is 4.98 Å². The molecule has 1 saturated heterocycles. The minimum atomic E-state index is -3.22. The molecule has 2 fully saturated rings. The first kappa shape index (κ1) is 25.0. The second kappa shape index (κ2) is 9.77. The first-order valence-corrected chi connectivity index (χ1v) is 15.5. The van der Waals surface area contributed by atoms with Gasteiger partial charge in [0, 0.05) is 56.1 Å². The van der Waals surface area contributed by atoms with Crippen LogP contribution in [0.25, 0.3) is 22.4 Å². The van der Waals surface area contributed by atoms with Crippen LogP contribution in [0, 0.1) is 6.92 Å². The van der Waals surface area contributed by atoms with E-state index in [1.807, 2.05) is 19.2 Å². The highest BCUT2D eigenvalue weighted by atomic mass is 32.2. The maximum Gasteiger partial charge on any atom is 0.175 e. The van der Waals surface area contributed by atoms with Crippen LogP contribution >= 0.6 is 0 Å². The Labute approximate surface area is 225 Å². The number of allylic oxidation sites excluding steroid dienone is 3. The number of nitrogens with zero attached hydrogens (tertiary/aromatic N) is 4. The molecule has 38 heavy (non-hydrogen) atoms. The smallest absolute Gasteiger partial charge is 0.175 e. The molecule has 1 saturated carbocycles. The summed E-state index contributed by atoms with van der Waals surface area (Å²) in [5.41, 5.74) is 6.93. The largest absolute Gasteiger partial charge is 0.371 e. The Balaban J connectivity index is 1.19. The predicted octanol–water partition coefficient (Wildman–Crippen LogP) is 5.91. The standard InChI is InChI=1S/C31H36N4O2S/c1-22-20-25(21-29-30(22)32-31(33(29)2)24-9-11-28(12-10-24)38(3,36)37)23-13-17-35(18-14-23)27-8-5-16-34(19-15-27)26-6-4-7-26/h5,8-12,15-16,19-21,23,26H,4,6-7,13-14,17-18H2,1-3H3. The van der Waals surface area contributed by atoms with Crippen LogP contribution in [0.4, 0.5) is 0 Å². The number of aryl methyl sites for hydroxylation is 2. The highest BCUT2D eigenvalue weighted by molar-refractivity contribution is 7.90. The number of hydrogen-bond acceptors (Lipinski definition) is 5. The fourth-order valence-corrected chi connectivity index (χ4v) is 6.58. The van der Waals surface area contributed by atoms with Crippen LogP contribution in [0.3, 0.4) is 0 Å². The Hall–Kier alpha value is -3.32. The summed E-state index contributed by atoms with van der Waals surface area (Å²) in [7, 11) is -1.17.